The number of benzene rings is 1. The van der Waals surface area contributed by atoms with Gasteiger partial charge in [0.25, 0.3) is 0 Å². The fraction of sp³-hybridized carbons (Fsp3) is 0.500. The molecule has 1 nitrogen and oxygen atoms in total. The van der Waals surface area contributed by atoms with Gasteiger partial charge in [-0.15, -0.1) is 0 Å². The van der Waals surface area contributed by atoms with Gasteiger partial charge in [0.1, 0.15) is 0 Å². The van der Waals surface area contributed by atoms with Gasteiger partial charge in [-0.2, -0.15) is 13.2 Å². The Morgan fingerprint density at radius 1 is 1.18 bits per heavy atom. The second-order valence-electron chi connectivity index (χ2n) is 4.92. The minimum Gasteiger partial charge on any atom is -0.308 e. The van der Waals surface area contributed by atoms with Crippen molar-refractivity contribution in [1.29, 1.82) is 0 Å². The van der Waals surface area contributed by atoms with E-state index in [1.54, 1.807) is 6.07 Å². The van der Waals surface area contributed by atoms with Gasteiger partial charge < -0.3 is 5.32 Å². The molecular weight excluding hydrogens is 295 g/mol. The molecule has 1 rings (SSSR count). The van der Waals surface area contributed by atoms with E-state index in [-0.39, 0.29) is 10.0 Å². The molecule has 1 aromatic carbocycles. The molecule has 0 aliphatic rings. The van der Waals surface area contributed by atoms with Crippen molar-refractivity contribution >= 4 is 15.9 Å². The van der Waals surface area contributed by atoms with Crippen molar-refractivity contribution in [2.45, 2.75) is 39.0 Å². The smallest absolute Gasteiger partial charge is 0.308 e. The molecule has 0 saturated heterocycles. The van der Waals surface area contributed by atoms with E-state index in [0.29, 0.717) is 12.1 Å². The number of nitrogens with one attached hydrogen (secondary N) is 1. The van der Waals surface area contributed by atoms with E-state index in [9.17, 15) is 13.2 Å². The summed E-state index contributed by atoms with van der Waals surface area (Å²) in [5.41, 5.74) is -0.132. The highest BCUT2D eigenvalue weighted by molar-refractivity contribution is 9.10. The van der Waals surface area contributed by atoms with Crippen LogP contribution in [0.1, 0.15) is 31.9 Å². The minimum atomic E-state index is -4.32. The molecular formula is C12H15BrF3N. The highest BCUT2D eigenvalue weighted by atomic mass is 79.9. The number of alkyl halides is 3. The quantitative estimate of drug-likeness (QED) is 0.856. The SMILES string of the molecule is CC(C)(C)NCc1ccc(Br)c(C(F)(F)F)c1. The van der Waals surface area contributed by atoms with Crippen molar-refractivity contribution in [2.75, 3.05) is 0 Å². The lowest BCUT2D eigenvalue weighted by atomic mass is 10.1. The van der Waals surface area contributed by atoms with Gasteiger partial charge in [-0.3, -0.25) is 0 Å². The average Bonchev–Trinajstić information content (AvgIpc) is 2.13. The van der Waals surface area contributed by atoms with Crippen LogP contribution in [0.25, 0.3) is 0 Å². The summed E-state index contributed by atoms with van der Waals surface area (Å²) in [4.78, 5) is 0. The monoisotopic (exact) mass is 309 g/mol. The van der Waals surface area contributed by atoms with Crippen molar-refractivity contribution < 1.29 is 13.2 Å². The summed E-state index contributed by atoms with van der Waals surface area (Å²) in [7, 11) is 0. The zero-order chi connectivity index (χ0) is 13.3. The lowest BCUT2D eigenvalue weighted by Crippen LogP contribution is -2.35. The van der Waals surface area contributed by atoms with Crippen LogP contribution >= 0.6 is 15.9 Å². The first kappa shape index (κ1) is 14.5. The number of hydrogen-bond donors (Lipinski definition) is 1. The Labute approximate surface area is 108 Å². The molecule has 0 aliphatic carbocycles. The third-order valence-corrected chi connectivity index (χ3v) is 2.85. The second-order valence-corrected chi connectivity index (χ2v) is 5.77. The maximum atomic E-state index is 12.7. The molecule has 96 valence electrons. The summed E-state index contributed by atoms with van der Waals surface area (Å²) < 4.78 is 38.0. The lowest BCUT2D eigenvalue weighted by molar-refractivity contribution is -0.138. The summed E-state index contributed by atoms with van der Waals surface area (Å²) in [6.07, 6.45) is -4.32. The third-order valence-electron chi connectivity index (χ3n) is 2.16. The molecule has 5 heteroatoms. The van der Waals surface area contributed by atoms with Crippen molar-refractivity contribution in [3.8, 4) is 0 Å². The van der Waals surface area contributed by atoms with Crippen molar-refractivity contribution in [3.63, 3.8) is 0 Å². The molecule has 0 heterocycles. The van der Waals surface area contributed by atoms with E-state index < -0.39 is 11.7 Å². The van der Waals surface area contributed by atoms with Crippen LogP contribution in [0.5, 0.6) is 0 Å². The first-order valence-electron chi connectivity index (χ1n) is 5.20. The van der Waals surface area contributed by atoms with Crippen LogP contribution in [0.3, 0.4) is 0 Å². The Kier molecular flexibility index (Phi) is 4.25. The van der Waals surface area contributed by atoms with Gasteiger partial charge in [0.15, 0.2) is 0 Å². The standard InChI is InChI=1S/C12H15BrF3N/c1-11(2,3)17-7-8-4-5-10(13)9(6-8)12(14,15)16/h4-6,17H,7H2,1-3H3. The zero-order valence-electron chi connectivity index (χ0n) is 9.95. The van der Waals surface area contributed by atoms with Crippen LogP contribution in [-0.2, 0) is 12.7 Å². The molecule has 0 fully saturated rings. The topological polar surface area (TPSA) is 12.0 Å². The molecule has 1 N–H and O–H groups in total. The number of hydrogen-bond acceptors (Lipinski definition) is 1. The van der Waals surface area contributed by atoms with Gasteiger partial charge in [0, 0.05) is 16.6 Å². The lowest BCUT2D eigenvalue weighted by Gasteiger charge is -2.21. The van der Waals surface area contributed by atoms with E-state index in [1.165, 1.54) is 12.1 Å². The van der Waals surface area contributed by atoms with Gasteiger partial charge in [-0.1, -0.05) is 22.0 Å². The zero-order valence-corrected chi connectivity index (χ0v) is 11.5. The molecule has 0 bridgehead atoms. The van der Waals surface area contributed by atoms with Gasteiger partial charge in [-0.25, -0.2) is 0 Å². The van der Waals surface area contributed by atoms with E-state index in [2.05, 4.69) is 21.2 Å². The van der Waals surface area contributed by atoms with Gasteiger partial charge in [0.2, 0.25) is 0 Å². The predicted molar refractivity (Wildman–Crippen MR) is 65.7 cm³/mol. The van der Waals surface area contributed by atoms with Crippen molar-refractivity contribution in [2.24, 2.45) is 0 Å². The molecule has 0 spiro atoms. The molecule has 0 aromatic heterocycles. The maximum absolute atomic E-state index is 12.7. The Morgan fingerprint density at radius 2 is 1.76 bits per heavy atom. The van der Waals surface area contributed by atoms with E-state index in [0.717, 1.165) is 0 Å². The summed E-state index contributed by atoms with van der Waals surface area (Å²) in [6.45, 7) is 6.32. The van der Waals surface area contributed by atoms with E-state index in [4.69, 9.17) is 0 Å². The molecule has 0 saturated carbocycles. The van der Waals surface area contributed by atoms with Crippen molar-refractivity contribution in [3.05, 3.63) is 33.8 Å². The first-order chi connectivity index (χ1) is 7.59. The first-order valence-corrected chi connectivity index (χ1v) is 5.99. The normalized spacial score (nSPS) is 12.9. The summed E-state index contributed by atoms with van der Waals surface area (Å²) in [5.74, 6) is 0. The maximum Gasteiger partial charge on any atom is 0.417 e. The van der Waals surface area contributed by atoms with Crippen LogP contribution in [0, 0.1) is 0 Å². The molecule has 0 aliphatic heterocycles. The summed E-state index contributed by atoms with van der Waals surface area (Å²) >= 11 is 2.92. The van der Waals surface area contributed by atoms with Gasteiger partial charge in [0.05, 0.1) is 5.56 Å². The molecule has 0 unspecified atom stereocenters. The molecule has 17 heavy (non-hydrogen) atoms. The minimum absolute atomic E-state index is 0.0736. The highest BCUT2D eigenvalue weighted by Gasteiger charge is 2.33. The molecule has 0 atom stereocenters. The highest BCUT2D eigenvalue weighted by Crippen LogP contribution is 2.35. The van der Waals surface area contributed by atoms with Gasteiger partial charge >= 0.3 is 6.18 Å². The Hall–Kier alpha value is -0.550. The largest absolute Gasteiger partial charge is 0.417 e. The molecule has 0 amide bonds. The fourth-order valence-electron chi connectivity index (χ4n) is 1.27. The number of halogens is 4. The van der Waals surface area contributed by atoms with Crippen LogP contribution in [-0.4, -0.2) is 5.54 Å². The van der Waals surface area contributed by atoms with E-state index >= 15 is 0 Å². The van der Waals surface area contributed by atoms with Gasteiger partial charge in [-0.05, 0) is 38.5 Å². The third kappa shape index (κ3) is 4.68. The molecule has 0 radical (unpaired) electrons. The second kappa shape index (κ2) is 4.98. The van der Waals surface area contributed by atoms with E-state index in [1.807, 2.05) is 20.8 Å². The predicted octanol–water partition coefficient (Wildman–Crippen LogP) is 4.36. The van der Waals surface area contributed by atoms with Crippen LogP contribution in [0.15, 0.2) is 22.7 Å². The Bertz CT molecular complexity index is 394. The fourth-order valence-corrected chi connectivity index (χ4v) is 1.74. The number of rotatable bonds is 2. The Morgan fingerprint density at radius 3 is 2.24 bits per heavy atom. The van der Waals surface area contributed by atoms with Crippen LogP contribution in [0.4, 0.5) is 13.2 Å². The van der Waals surface area contributed by atoms with Crippen molar-refractivity contribution in [1.82, 2.24) is 5.32 Å². The molecule has 1 aromatic rings. The Balaban J connectivity index is 2.90. The average molecular weight is 310 g/mol. The van der Waals surface area contributed by atoms with Crippen LogP contribution < -0.4 is 5.32 Å². The summed E-state index contributed by atoms with van der Waals surface area (Å²) in [5, 5.41) is 3.15. The van der Waals surface area contributed by atoms with Crippen LogP contribution in [0.2, 0.25) is 0 Å². The summed E-state index contributed by atoms with van der Waals surface area (Å²) in [6, 6.07) is 4.28.